The Morgan fingerprint density at radius 1 is 0.902 bits per heavy atom. The largest absolute Gasteiger partial charge is 0.493 e. The molecule has 0 atom stereocenters. The number of amides is 1. The number of pyridine rings is 1. The molecule has 0 radical (unpaired) electrons. The van der Waals surface area contributed by atoms with E-state index in [0.717, 1.165) is 61.6 Å². The molecule has 2 saturated heterocycles. The molecule has 41 heavy (non-hydrogen) atoms. The third kappa shape index (κ3) is 7.64. The van der Waals surface area contributed by atoms with Crippen LogP contribution in [0.5, 0.6) is 11.5 Å². The van der Waals surface area contributed by atoms with Crippen LogP contribution in [-0.4, -0.2) is 92.2 Å². The molecule has 2 fully saturated rings. The van der Waals surface area contributed by atoms with Crippen LogP contribution in [-0.2, 0) is 24.4 Å². The maximum Gasteiger partial charge on any atom is 0.272 e. The van der Waals surface area contributed by atoms with Gasteiger partial charge in [-0.2, -0.15) is 0 Å². The van der Waals surface area contributed by atoms with Gasteiger partial charge in [-0.3, -0.25) is 14.7 Å². The molecule has 2 aliphatic rings. The van der Waals surface area contributed by atoms with Gasteiger partial charge < -0.3 is 24.0 Å². The Hall–Kier alpha value is -3.46. The highest BCUT2D eigenvalue weighted by Crippen LogP contribution is 2.35. The zero-order valence-corrected chi connectivity index (χ0v) is 24.6. The van der Waals surface area contributed by atoms with Crippen LogP contribution < -0.4 is 9.47 Å². The van der Waals surface area contributed by atoms with Crippen molar-refractivity contribution in [3.63, 3.8) is 0 Å². The lowest BCUT2D eigenvalue weighted by molar-refractivity contribution is 0.0594. The van der Waals surface area contributed by atoms with Crippen molar-refractivity contribution < 1.29 is 19.0 Å². The van der Waals surface area contributed by atoms with Crippen molar-refractivity contribution in [3.05, 3.63) is 88.7 Å². The maximum absolute atomic E-state index is 13.1. The third-order valence-corrected chi connectivity index (χ3v) is 8.11. The summed E-state index contributed by atoms with van der Waals surface area (Å²) in [5, 5.41) is 0. The first-order valence-corrected chi connectivity index (χ1v) is 14.6. The van der Waals surface area contributed by atoms with Crippen molar-refractivity contribution in [2.75, 3.05) is 66.6 Å². The number of carbonyl (C=O) groups excluding carboxylic acids is 1. The van der Waals surface area contributed by atoms with Crippen molar-refractivity contribution in [1.29, 1.82) is 0 Å². The van der Waals surface area contributed by atoms with Crippen molar-refractivity contribution >= 4 is 5.91 Å². The smallest absolute Gasteiger partial charge is 0.272 e. The molecule has 0 unspecified atom stereocenters. The number of likely N-dealkylation sites (N-methyl/N-ethyl adjacent to an activating group) is 1. The summed E-state index contributed by atoms with van der Waals surface area (Å²) in [4.78, 5) is 24.1. The maximum atomic E-state index is 13.1. The van der Waals surface area contributed by atoms with Crippen LogP contribution >= 0.6 is 0 Å². The predicted octanol–water partition coefficient (Wildman–Crippen LogP) is 4.24. The topological polar surface area (TPSA) is 67.4 Å². The second-order valence-electron chi connectivity index (χ2n) is 11.0. The zero-order valence-electron chi connectivity index (χ0n) is 24.6. The number of ether oxygens (including phenoxy) is 3. The van der Waals surface area contributed by atoms with E-state index in [1.54, 1.807) is 13.3 Å². The van der Waals surface area contributed by atoms with Gasteiger partial charge in [-0.1, -0.05) is 37.3 Å². The summed E-state index contributed by atoms with van der Waals surface area (Å²) in [6.45, 7) is 10.4. The minimum absolute atomic E-state index is 0.0402. The van der Waals surface area contributed by atoms with Crippen molar-refractivity contribution in [2.45, 2.75) is 32.5 Å². The van der Waals surface area contributed by atoms with Gasteiger partial charge in [-0.05, 0) is 60.0 Å². The number of likely N-dealkylation sites (tertiary alicyclic amines) is 1. The fourth-order valence-corrected chi connectivity index (χ4v) is 5.24. The molecule has 0 aliphatic carbocycles. The summed E-state index contributed by atoms with van der Waals surface area (Å²) in [6, 6.07) is 18.3. The fraction of sp³-hybridized carbons (Fsp3) is 0.455. The van der Waals surface area contributed by atoms with Gasteiger partial charge in [0.05, 0.1) is 20.3 Å². The van der Waals surface area contributed by atoms with E-state index in [4.69, 9.17) is 14.2 Å². The Bertz CT molecular complexity index is 1280. The molecule has 0 spiro atoms. The standard InChI is InChI=1S/C33H42N4O4/c1-4-25-5-7-26(8-6-25)24-41-31-10-9-28(20-32(31)39-3)29-21-37(22-29)33(38)30-19-27(11-12-34-30)23-40-18-17-36-15-13-35(2)14-16-36/h5-12,19-20,29H,4,13-18,21-24H2,1-3H3. The second kappa shape index (κ2) is 13.9. The zero-order chi connectivity index (χ0) is 28.6. The van der Waals surface area contributed by atoms with Crippen molar-refractivity contribution in [2.24, 2.45) is 0 Å². The van der Waals surface area contributed by atoms with Crippen LogP contribution in [0.15, 0.2) is 60.8 Å². The molecular formula is C33H42N4O4. The van der Waals surface area contributed by atoms with Gasteiger partial charge in [0, 0.05) is 57.9 Å². The fourth-order valence-electron chi connectivity index (χ4n) is 5.24. The highest BCUT2D eigenvalue weighted by Gasteiger charge is 2.33. The second-order valence-corrected chi connectivity index (χ2v) is 11.0. The SMILES string of the molecule is CCc1ccc(COc2ccc(C3CN(C(=O)c4cc(COCCN5CCN(C)CC5)ccn4)C3)cc2OC)cc1. The molecule has 0 N–H and O–H groups in total. The molecule has 1 aromatic heterocycles. The van der Waals surface area contributed by atoms with E-state index in [0.29, 0.717) is 44.4 Å². The van der Waals surface area contributed by atoms with Gasteiger partial charge >= 0.3 is 0 Å². The number of benzene rings is 2. The summed E-state index contributed by atoms with van der Waals surface area (Å²) in [7, 11) is 3.82. The molecule has 2 aromatic carbocycles. The van der Waals surface area contributed by atoms with Crippen LogP contribution in [0.2, 0.25) is 0 Å². The molecule has 0 bridgehead atoms. The summed E-state index contributed by atoms with van der Waals surface area (Å²) >= 11 is 0. The van der Waals surface area contributed by atoms with E-state index in [-0.39, 0.29) is 11.8 Å². The van der Waals surface area contributed by atoms with E-state index in [9.17, 15) is 4.79 Å². The highest BCUT2D eigenvalue weighted by molar-refractivity contribution is 5.93. The van der Waals surface area contributed by atoms with Crippen molar-refractivity contribution in [3.8, 4) is 11.5 Å². The molecule has 8 heteroatoms. The van der Waals surface area contributed by atoms with Gasteiger partial charge in [0.25, 0.3) is 5.91 Å². The Labute approximate surface area is 243 Å². The van der Waals surface area contributed by atoms with Crippen molar-refractivity contribution in [1.82, 2.24) is 19.7 Å². The lowest BCUT2D eigenvalue weighted by Gasteiger charge is -2.39. The number of carbonyl (C=O) groups is 1. The molecule has 3 aromatic rings. The molecule has 5 rings (SSSR count). The summed E-state index contributed by atoms with van der Waals surface area (Å²) in [6.07, 6.45) is 2.72. The minimum Gasteiger partial charge on any atom is -0.493 e. The first kappa shape index (κ1) is 29.0. The Morgan fingerprint density at radius 3 is 2.39 bits per heavy atom. The number of hydrogen-bond acceptors (Lipinski definition) is 7. The van der Waals surface area contributed by atoms with Gasteiger partial charge in [0.15, 0.2) is 11.5 Å². The van der Waals surface area contributed by atoms with Crippen LogP contribution in [0.3, 0.4) is 0 Å². The Balaban J connectivity index is 1.09. The number of aromatic nitrogens is 1. The number of rotatable bonds is 12. The molecule has 3 heterocycles. The summed E-state index contributed by atoms with van der Waals surface area (Å²) in [5.74, 6) is 1.64. The van der Waals surface area contributed by atoms with E-state index >= 15 is 0 Å². The minimum atomic E-state index is -0.0402. The average molecular weight is 559 g/mol. The third-order valence-electron chi connectivity index (χ3n) is 8.11. The van der Waals surface area contributed by atoms with Crippen LogP contribution in [0.25, 0.3) is 0 Å². The van der Waals surface area contributed by atoms with E-state index in [1.807, 2.05) is 29.2 Å². The lowest BCUT2D eigenvalue weighted by atomic mass is 9.91. The van der Waals surface area contributed by atoms with Crippen LogP contribution in [0.4, 0.5) is 0 Å². The van der Waals surface area contributed by atoms with Gasteiger partial charge in [-0.15, -0.1) is 0 Å². The van der Waals surface area contributed by atoms with E-state index in [2.05, 4.69) is 59.1 Å². The molecule has 218 valence electrons. The van der Waals surface area contributed by atoms with Gasteiger partial charge in [-0.25, -0.2) is 0 Å². The van der Waals surface area contributed by atoms with E-state index in [1.165, 1.54) is 5.56 Å². The van der Waals surface area contributed by atoms with Gasteiger partial charge in [0.1, 0.15) is 12.3 Å². The lowest BCUT2D eigenvalue weighted by Crippen LogP contribution is -2.48. The number of hydrogen-bond donors (Lipinski definition) is 0. The molecule has 8 nitrogen and oxygen atoms in total. The molecule has 0 saturated carbocycles. The van der Waals surface area contributed by atoms with Crippen LogP contribution in [0, 0.1) is 0 Å². The molecular weight excluding hydrogens is 516 g/mol. The Morgan fingerprint density at radius 2 is 1.66 bits per heavy atom. The normalized spacial score (nSPS) is 16.4. The first-order chi connectivity index (χ1) is 20.0. The molecule has 1 amide bonds. The van der Waals surface area contributed by atoms with Crippen LogP contribution in [0.1, 0.15) is 45.6 Å². The predicted molar refractivity (Wildman–Crippen MR) is 160 cm³/mol. The number of aryl methyl sites for hydroxylation is 1. The van der Waals surface area contributed by atoms with E-state index < -0.39 is 0 Å². The van der Waals surface area contributed by atoms with Gasteiger partial charge in [0.2, 0.25) is 0 Å². The summed E-state index contributed by atoms with van der Waals surface area (Å²) in [5.41, 5.74) is 5.02. The highest BCUT2D eigenvalue weighted by atomic mass is 16.5. The summed E-state index contributed by atoms with van der Waals surface area (Å²) < 4.78 is 17.6. The number of methoxy groups -OCH3 is 1. The first-order valence-electron chi connectivity index (χ1n) is 14.6. The Kier molecular flexibility index (Phi) is 9.88. The quantitative estimate of drug-likeness (QED) is 0.308. The number of nitrogens with zero attached hydrogens (tertiary/aromatic N) is 4. The number of piperazine rings is 1. The molecule has 2 aliphatic heterocycles. The average Bonchev–Trinajstić information content (AvgIpc) is 2.99. The monoisotopic (exact) mass is 558 g/mol.